The first-order valence-corrected chi connectivity index (χ1v) is 6.81. The van der Waals surface area contributed by atoms with E-state index >= 15 is 0 Å². The summed E-state index contributed by atoms with van der Waals surface area (Å²) in [7, 11) is 0. The Labute approximate surface area is 118 Å². The summed E-state index contributed by atoms with van der Waals surface area (Å²) in [4.78, 5) is 12.0. The van der Waals surface area contributed by atoms with Crippen molar-refractivity contribution in [2.24, 2.45) is 5.92 Å². The van der Waals surface area contributed by atoms with Gasteiger partial charge in [0.05, 0.1) is 6.61 Å². The van der Waals surface area contributed by atoms with Crippen molar-refractivity contribution < 1.29 is 9.53 Å². The molecule has 3 nitrogen and oxygen atoms in total. The molecule has 0 aromatic heterocycles. The number of carbonyl (C=O) groups is 1. The van der Waals surface area contributed by atoms with Crippen molar-refractivity contribution in [3.63, 3.8) is 0 Å². The van der Waals surface area contributed by atoms with E-state index in [4.69, 9.17) is 4.74 Å². The Kier molecular flexibility index (Phi) is 3.68. The lowest BCUT2D eigenvalue weighted by Gasteiger charge is -2.07. The summed E-state index contributed by atoms with van der Waals surface area (Å²) < 4.78 is 5.65. The van der Waals surface area contributed by atoms with Crippen LogP contribution < -0.4 is 10.1 Å². The van der Waals surface area contributed by atoms with Crippen molar-refractivity contribution in [3.8, 4) is 5.75 Å². The number of ether oxygens (including phenoxy) is 1. The van der Waals surface area contributed by atoms with Crippen molar-refractivity contribution in [2.75, 3.05) is 11.9 Å². The highest BCUT2D eigenvalue weighted by atomic mass is 16.5. The Hall–Kier alpha value is -2.29. The molecule has 1 fully saturated rings. The first kappa shape index (κ1) is 12.7. The molecule has 0 aliphatic heterocycles. The SMILES string of the molecule is O=C(Nc1c[c]ccc1)c1ccc(OCC2CC2)cc1. The van der Waals surface area contributed by atoms with E-state index in [1.807, 2.05) is 24.3 Å². The van der Waals surface area contributed by atoms with Crippen LogP contribution in [-0.4, -0.2) is 12.5 Å². The topological polar surface area (TPSA) is 38.3 Å². The van der Waals surface area contributed by atoms with Crippen molar-refractivity contribution in [3.05, 3.63) is 60.2 Å². The van der Waals surface area contributed by atoms with Gasteiger partial charge in [0.1, 0.15) is 5.75 Å². The molecule has 0 saturated heterocycles. The van der Waals surface area contributed by atoms with Gasteiger partial charge in [-0.1, -0.05) is 12.1 Å². The average Bonchev–Trinajstić information content (AvgIpc) is 3.31. The van der Waals surface area contributed by atoms with Gasteiger partial charge in [-0.2, -0.15) is 0 Å². The van der Waals surface area contributed by atoms with Gasteiger partial charge >= 0.3 is 0 Å². The largest absolute Gasteiger partial charge is 0.493 e. The molecular formula is C17H16NO2. The highest BCUT2D eigenvalue weighted by Crippen LogP contribution is 2.29. The van der Waals surface area contributed by atoms with Gasteiger partial charge in [-0.3, -0.25) is 4.79 Å². The summed E-state index contributed by atoms with van der Waals surface area (Å²) in [5.41, 5.74) is 1.36. The Balaban J connectivity index is 1.59. The summed E-state index contributed by atoms with van der Waals surface area (Å²) in [6, 6.07) is 17.4. The predicted molar refractivity (Wildman–Crippen MR) is 77.9 cm³/mol. The smallest absolute Gasteiger partial charge is 0.255 e. The summed E-state index contributed by atoms with van der Waals surface area (Å²) in [6.07, 6.45) is 2.54. The monoisotopic (exact) mass is 266 g/mol. The maximum absolute atomic E-state index is 12.0. The molecule has 0 atom stereocenters. The van der Waals surface area contributed by atoms with Gasteiger partial charge in [0.2, 0.25) is 0 Å². The molecule has 3 rings (SSSR count). The Morgan fingerprint density at radius 3 is 2.70 bits per heavy atom. The van der Waals surface area contributed by atoms with Crippen molar-refractivity contribution in [1.29, 1.82) is 0 Å². The highest BCUT2D eigenvalue weighted by molar-refractivity contribution is 6.04. The molecule has 20 heavy (non-hydrogen) atoms. The highest BCUT2D eigenvalue weighted by Gasteiger charge is 2.21. The lowest BCUT2D eigenvalue weighted by Crippen LogP contribution is -2.11. The fraction of sp³-hybridized carbons (Fsp3) is 0.235. The lowest BCUT2D eigenvalue weighted by atomic mass is 10.2. The molecule has 2 aromatic rings. The third-order valence-electron chi connectivity index (χ3n) is 3.26. The molecule has 1 saturated carbocycles. The number of anilines is 1. The van der Waals surface area contributed by atoms with E-state index in [0.29, 0.717) is 5.56 Å². The lowest BCUT2D eigenvalue weighted by molar-refractivity contribution is 0.102. The molecule has 1 radical (unpaired) electrons. The average molecular weight is 266 g/mol. The molecule has 1 aliphatic rings. The van der Waals surface area contributed by atoms with Crippen LogP contribution in [0, 0.1) is 12.0 Å². The van der Waals surface area contributed by atoms with Gasteiger partial charge in [-0.25, -0.2) is 0 Å². The minimum Gasteiger partial charge on any atom is -0.493 e. The van der Waals surface area contributed by atoms with Gasteiger partial charge in [0.25, 0.3) is 5.91 Å². The molecule has 1 amide bonds. The second-order valence-corrected chi connectivity index (χ2v) is 5.03. The number of nitrogens with one attached hydrogen (secondary N) is 1. The second-order valence-electron chi connectivity index (χ2n) is 5.03. The molecule has 1 N–H and O–H groups in total. The van der Waals surface area contributed by atoms with E-state index in [0.717, 1.165) is 24.0 Å². The number of carbonyl (C=O) groups excluding carboxylic acids is 1. The van der Waals surface area contributed by atoms with E-state index in [2.05, 4.69) is 11.4 Å². The van der Waals surface area contributed by atoms with Gasteiger partial charge in [0, 0.05) is 11.3 Å². The molecule has 2 aromatic carbocycles. The van der Waals surface area contributed by atoms with Gasteiger partial charge in [0.15, 0.2) is 0 Å². The van der Waals surface area contributed by atoms with Gasteiger partial charge in [-0.05, 0) is 61.2 Å². The maximum atomic E-state index is 12.0. The van der Waals surface area contributed by atoms with Crippen LogP contribution in [0.2, 0.25) is 0 Å². The van der Waals surface area contributed by atoms with E-state index in [1.54, 1.807) is 24.3 Å². The van der Waals surface area contributed by atoms with Crippen LogP contribution in [0.15, 0.2) is 48.5 Å². The molecule has 0 spiro atoms. The van der Waals surface area contributed by atoms with Crippen LogP contribution in [0.1, 0.15) is 23.2 Å². The number of rotatable bonds is 5. The molecule has 0 bridgehead atoms. The zero-order chi connectivity index (χ0) is 13.8. The fourth-order valence-electron chi connectivity index (χ4n) is 1.88. The minimum absolute atomic E-state index is 0.127. The second kappa shape index (κ2) is 5.78. The predicted octanol–water partition coefficient (Wildman–Crippen LogP) is 3.53. The Morgan fingerprint density at radius 1 is 1.25 bits per heavy atom. The summed E-state index contributed by atoms with van der Waals surface area (Å²) in [6.45, 7) is 0.783. The van der Waals surface area contributed by atoms with Crippen LogP contribution in [-0.2, 0) is 0 Å². The standard InChI is InChI=1S/C17H16NO2/c19-17(18-15-4-2-1-3-5-15)14-8-10-16(11-9-14)20-12-13-6-7-13/h1-2,4-5,8-11,13H,6-7,12H2,(H,18,19). The van der Waals surface area contributed by atoms with E-state index in [-0.39, 0.29) is 5.91 Å². The summed E-state index contributed by atoms with van der Waals surface area (Å²) >= 11 is 0. The van der Waals surface area contributed by atoms with Gasteiger partial charge < -0.3 is 10.1 Å². The van der Waals surface area contributed by atoms with Crippen molar-refractivity contribution >= 4 is 11.6 Å². The van der Waals surface area contributed by atoms with Crippen molar-refractivity contribution in [2.45, 2.75) is 12.8 Å². The molecule has 0 unspecified atom stereocenters. The number of amides is 1. The van der Waals surface area contributed by atoms with Gasteiger partial charge in [-0.15, -0.1) is 0 Å². The third kappa shape index (κ3) is 3.38. The fourth-order valence-corrected chi connectivity index (χ4v) is 1.88. The van der Waals surface area contributed by atoms with E-state index < -0.39 is 0 Å². The first-order chi connectivity index (χ1) is 9.81. The zero-order valence-corrected chi connectivity index (χ0v) is 11.1. The number of hydrogen-bond donors (Lipinski definition) is 1. The molecule has 0 heterocycles. The van der Waals surface area contributed by atoms with Crippen LogP contribution in [0.3, 0.4) is 0 Å². The van der Waals surface area contributed by atoms with Crippen LogP contribution in [0.4, 0.5) is 5.69 Å². The Morgan fingerprint density at radius 2 is 2.05 bits per heavy atom. The third-order valence-corrected chi connectivity index (χ3v) is 3.26. The van der Waals surface area contributed by atoms with Crippen LogP contribution in [0.25, 0.3) is 0 Å². The zero-order valence-electron chi connectivity index (χ0n) is 11.1. The van der Waals surface area contributed by atoms with E-state index in [9.17, 15) is 4.79 Å². The quantitative estimate of drug-likeness (QED) is 0.899. The molecule has 1 aliphatic carbocycles. The number of benzene rings is 2. The summed E-state index contributed by atoms with van der Waals surface area (Å²) in [5, 5.41) is 2.83. The Bertz CT molecular complexity index is 574. The molecule has 101 valence electrons. The summed E-state index contributed by atoms with van der Waals surface area (Å²) in [5.74, 6) is 1.42. The van der Waals surface area contributed by atoms with Crippen LogP contribution >= 0.6 is 0 Å². The van der Waals surface area contributed by atoms with Crippen LogP contribution in [0.5, 0.6) is 5.75 Å². The normalized spacial score (nSPS) is 13.8. The first-order valence-electron chi connectivity index (χ1n) is 6.81. The van der Waals surface area contributed by atoms with E-state index in [1.165, 1.54) is 12.8 Å². The molecular weight excluding hydrogens is 250 g/mol. The van der Waals surface area contributed by atoms with Crippen molar-refractivity contribution in [1.82, 2.24) is 0 Å². The minimum atomic E-state index is -0.127. The molecule has 3 heteroatoms. The number of hydrogen-bond acceptors (Lipinski definition) is 2. The maximum Gasteiger partial charge on any atom is 0.255 e.